The lowest BCUT2D eigenvalue weighted by atomic mass is 10.2. The summed E-state index contributed by atoms with van der Waals surface area (Å²) in [7, 11) is 0. The summed E-state index contributed by atoms with van der Waals surface area (Å²) in [6.45, 7) is 3.57. The normalized spacial score (nSPS) is 15.2. The number of nitrogens with one attached hydrogen (secondary N) is 2. The van der Waals surface area contributed by atoms with Crippen molar-refractivity contribution < 1.29 is 9.21 Å². The fourth-order valence-corrected chi connectivity index (χ4v) is 3.25. The number of anilines is 2. The van der Waals surface area contributed by atoms with Crippen LogP contribution in [0.1, 0.15) is 0 Å². The third-order valence-electron chi connectivity index (χ3n) is 4.49. The Hall–Kier alpha value is -2.84. The zero-order valence-corrected chi connectivity index (χ0v) is 15.2. The van der Waals surface area contributed by atoms with Gasteiger partial charge in [-0.05, 0) is 24.3 Å². The number of carbonyl (C=O) groups is 1. The molecule has 2 aromatic heterocycles. The lowest BCUT2D eigenvalue weighted by Gasteiger charge is -2.35. The molecule has 0 unspecified atom stereocenters. The number of hydrogen-bond donors (Lipinski definition) is 2. The summed E-state index contributed by atoms with van der Waals surface area (Å²) >= 11 is 5.93. The predicted molar refractivity (Wildman–Crippen MR) is 103 cm³/mol. The van der Waals surface area contributed by atoms with Gasteiger partial charge in [0, 0.05) is 43.0 Å². The first-order valence-corrected chi connectivity index (χ1v) is 8.96. The number of benzene rings is 1. The molecule has 0 atom stereocenters. The average Bonchev–Trinajstić information content (AvgIpc) is 3.02. The summed E-state index contributed by atoms with van der Waals surface area (Å²) in [6.07, 6.45) is 1.49. The third-order valence-corrected chi connectivity index (χ3v) is 4.74. The minimum Gasteiger partial charge on any atom is -0.406 e. The fraction of sp³-hybridized carbons (Fsp3) is 0.278. The van der Waals surface area contributed by atoms with E-state index in [2.05, 4.69) is 25.1 Å². The summed E-state index contributed by atoms with van der Waals surface area (Å²) < 4.78 is 4.95. The van der Waals surface area contributed by atoms with Gasteiger partial charge < -0.3 is 14.6 Å². The van der Waals surface area contributed by atoms with E-state index < -0.39 is 5.76 Å². The molecule has 1 aromatic carbocycles. The molecule has 1 aliphatic heterocycles. The van der Waals surface area contributed by atoms with Crippen LogP contribution in [0.5, 0.6) is 0 Å². The van der Waals surface area contributed by atoms with Crippen LogP contribution in [-0.2, 0) is 4.79 Å². The van der Waals surface area contributed by atoms with Crippen LogP contribution in [0.15, 0.2) is 45.7 Å². The molecule has 9 heteroatoms. The Bertz CT molecular complexity index is 1010. The molecule has 0 radical (unpaired) electrons. The monoisotopic (exact) mass is 387 g/mol. The van der Waals surface area contributed by atoms with Crippen LogP contribution in [0.25, 0.3) is 11.2 Å². The molecule has 0 spiro atoms. The Labute approximate surface area is 159 Å². The SMILES string of the molecule is O=C(CN1CCN(c2ccc(Cl)cc2)CC1)Nc1cnc2[nH]c(=O)oc2c1. The highest BCUT2D eigenvalue weighted by Crippen LogP contribution is 2.19. The number of fused-ring (bicyclic) bond motifs is 1. The standard InChI is InChI=1S/C18H18ClN5O3/c19-12-1-3-14(4-2-12)24-7-5-23(6-8-24)11-16(25)21-13-9-15-17(20-10-13)22-18(26)27-15/h1-4,9-10H,5-8,11H2,(H,21,25)(H,20,22,26). The quantitative estimate of drug-likeness (QED) is 0.710. The number of aromatic nitrogens is 2. The molecule has 140 valence electrons. The molecule has 0 bridgehead atoms. The molecule has 1 aliphatic rings. The van der Waals surface area contributed by atoms with Gasteiger partial charge in [0.05, 0.1) is 18.4 Å². The van der Waals surface area contributed by atoms with E-state index in [1.807, 2.05) is 24.3 Å². The second kappa shape index (κ2) is 7.42. The minimum atomic E-state index is -0.570. The average molecular weight is 388 g/mol. The van der Waals surface area contributed by atoms with Crippen LogP contribution in [0, 0.1) is 0 Å². The molecular weight excluding hydrogens is 370 g/mol. The Morgan fingerprint density at radius 3 is 2.70 bits per heavy atom. The van der Waals surface area contributed by atoms with Gasteiger partial charge in [0.15, 0.2) is 11.2 Å². The van der Waals surface area contributed by atoms with Gasteiger partial charge in [0.25, 0.3) is 0 Å². The van der Waals surface area contributed by atoms with E-state index in [1.54, 1.807) is 6.07 Å². The highest BCUT2D eigenvalue weighted by atomic mass is 35.5. The Kier molecular flexibility index (Phi) is 4.83. The van der Waals surface area contributed by atoms with Crippen molar-refractivity contribution >= 4 is 40.1 Å². The maximum atomic E-state index is 12.3. The van der Waals surface area contributed by atoms with Crippen LogP contribution in [0.4, 0.5) is 11.4 Å². The van der Waals surface area contributed by atoms with Crippen LogP contribution in [-0.4, -0.2) is 53.5 Å². The van der Waals surface area contributed by atoms with E-state index >= 15 is 0 Å². The van der Waals surface area contributed by atoms with Crippen molar-refractivity contribution in [3.8, 4) is 0 Å². The highest BCUT2D eigenvalue weighted by molar-refractivity contribution is 6.30. The van der Waals surface area contributed by atoms with Gasteiger partial charge in [-0.3, -0.25) is 14.7 Å². The number of aromatic amines is 1. The molecular formula is C18H18ClN5O3. The fourth-order valence-electron chi connectivity index (χ4n) is 3.13. The van der Waals surface area contributed by atoms with E-state index in [9.17, 15) is 9.59 Å². The van der Waals surface area contributed by atoms with Crippen LogP contribution in [0.3, 0.4) is 0 Å². The van der Waals surface area contributed by atoms with Gasteiger partial charge in [-0.15, -0.1) is 0 Å². The number of piperazine rings is 1. The summed E-state index contributed by atoms with van der Waals surface area (Å²) in [6, 6.07) is 9.36. The third kappa shape index (κ3) is 4.12. The van der Waals surface area contributed by atoms with Crippen molar-refractivity contribution in [1.82, 2.24) is 14.9 Å². The van der Waals surface area contributed by atoms with Crippen LogP contribution >= 0.6 is 11.6 Å². The number of carbonyl (C=O) groups excluding carboxylic acids is 1. The Morgan fingerprint density at radius 2 is 1.96 bits per heavy atom. The van der Waals surface area contributed by atoms with Crippen LogP contribution < -0.4 is 16.0 Å². The number of H-pyrrole nitrogens is 1. The first kappa shape index (κ1) is 17.6. The van der Waals surface area contributed by atoms with Gasteiger partial charge >= 0.3 is 5.76 Å². The zero-order valence-electron chi connectivity index (χ0n) is 14.4. The lowest BCUT2D eigenvalue weighted by molar-refractivity contribution is -0.117. The molecule has 1 fully saturated rings. The van der Waals surface area contributed by atoms with Crippen molar-refractivity contribution in [3.63, 3.8) is 0 Å². The molecule has 27 heavy (non-hydrogen) atoms. The first-order valence-electron chi connectivity index (χ1n) is 8.58. The Balaban J connectivity index is 1.31. The van der Waals surface area contributed by atoms with Crippen molar-refractivity contribution in [2.75, 3.05) is 42.9 Å². The van der Waals surface area contributed by atoms with Crippen molar-refractivity contribution in [1.29, 1.82) is 0 Å². The van der Waals surface area contributed by atoms with E-state index in [-0.39, 0.29) is 5.91 Å². The number of halogens is 1. The maximum Gasteiger partial charge on any atom is 0.418 e. The molecule has 0 aliphatic carbocycles. The molecule has 1 saturated heterocycles. The second-order valence-corrected chi connectivity index (χ2v) is 6.81. The molecule has 1 amide bonds. The molecule has 8 nitrogen and oxygen atoms in total. The van der Waals surface area contributed by atoms with E-state index in [0.29, 0.717) is 23.5 Å². The minimum absolute atomic E-state index is 0.131. The summed E-state index contributed by atoms with van der Waals surface area (Å²) in [5.74, 6) is -0.700. The topological polar surface area (TPSA) is 94.5 Å². The number of pyridine rings is 1. The van der Waals surface area contributed by atoms with Crippen LogP contribution in [0.2, 0.25) is 5.02 Å². The Morgan fingerprint density at radius 1 is 1.22 bits per heavy atom. The van der Waals surface area contributed by atoms with Crippen molar-refractivity contribution in [2.45, 2.75) is 0 Å². The maximum absolute atomic E-state index is 12.3. The van der Waals surface area contributed by atoms with Gasteiger partial charge in [-0.1, -0.05) is 11.6 Å². The van der Waals surface area contributed by atoms with Gasteiger partial charge in [0.2, 0.25) is 5.91 Å². The van der Waals surface area contributed by atoms with E-state index in [4.69, 9.17) is 16.0 Å². The van der Waals surface area contributed by atoms with Crippen molar-refractivity contribution in [2.24, 2.45) is 0 Å². The number of amides is 1. The second-order valence-electron chi connectivity index (χ2n) is 6.37. The largest absolute Gasteiger partial charge is 0.418 e. The summed E-state index contributed by atoms with van der Waals surface area (Å²) in [5.41, 5.74) is 2.30. The number of oxazole rings is 1. The smallest absolute Gasteiger partial charge is 0.406 e. The molecule has 4 rings (SSSR count). The molecule has 0 saturated carbocycles. The van der Waals surface area contributed by atoms with Gasteiger partial charge in [-0.25, -0.2) is 9.78 Å². The van der Waals surface area contributed by atoms with Gasteiger partial charge in [0.1, 0.15) is 0 Å². The lowest BCUT2D eigenvalue weighted by Crippen LogP contribution is -2.48. The van der Waals surface area contributed by atoms with Crippen molar-refractivity contribution in [3.05, 3.63) is 52.1 Å². The van der Waals surface area contributed by atoms with E-state index in [0.717, 1.165) is 36.9 Å². The molecule has 2 N–H and O–H groups in total. The number of hydrogen-bond acceptors (Lipinski definition) is 6. The van der Waals surface area contributed by atoms with Gasteiger partial charge in [-0.2, -0.15) is 0 Å². The summed E-state index contributed by atoms with van der Waals surface area (Å²) in [5, 5.41) is 3.52. The number of rotatable bonds is 4. The van der Waals surface area contributed by atoms with E-state index in [1.165, 1.54) is 6.20 Å². The predicted octanol–water partition coefficient (Wildman–Crippen LogP) is 1.93. The molecule has 3 aromatic rings. The zero-order chi connectivity index (χ0) is 18.8. The molecule has 3 heterocycles. The number of nitrogens with zero attached hydrogens (tertiary/aromatic N) is 3. The summed E-state index contributed by atoms with van der Waals surface area (Å²) in [4.78, 5) is 34.4. The highest BCUT2D eigenvalue weighted by Gasteiger charge is 2.19. The first-order chi connectivity index (χ1) is 13.1.